The molecule has 1 aliphatic carbocycles. The van der Waals surface area contributed by atoms with Gasteiger partial charge in [0.25, 0.3) is 0 Å². The first-order chi connectivity index (χ1) is 10.2. The van der Waals surface area contributed by atoms with Gasteiger partial charge in [-0.05, 0) is 49.8 Å². The molecule has 1 heterocycles. The van der Waals surface area contributed by atoms with E-state index in [1.54, 1.807) is 6.07 Å². The molecule has 1 aliphatic rings. The SMILES string of the molecule is CCCC(=O)Nc1c2c(nc3cc(F)ccc13)CCCC2. The van der Waals surface area contributed by atoms with Crippen LogP contribution < -0.4 is 5.32 Å². The number of carbonyl (C=O) groups is 1. The second-order valence-corrected chi connectivity index (χ2v) is 5.58. The van der Waals surface area contributed by atoms with Gasteiger partial charge in [-0.15, -0.1) is 0 Å². The van der Waals surface area contributed by atoms with Crippen LogP contribution >= 0.6 is 0 Å². The molecule has 110 valence electrons. The van der Waals surface area contributed by atoms with Crippen molar-refractivity contribution in [1.82, 2.24) is 4.98 Å². The highest BCUT2D eigenvalue weighted by Crippen LogP contribution is 2.33. The van der Waals surface area contributed by atoms with Gasteiger partial charge in [0.15, 0.2) is 0 Å². The number of amides is 1. The molecule has 2 aromatic rings. The Bertz CT molecular complexity index is 697. The van der Waals surface area contributed by atoms with Gasteiger partial charge in [-0.1, -0.05) is 6.92 Å². The molecule has 3 rings (SSSR count). The Hall–Kier alpha value is -1.97. The fourth-order valence-electron chi connectivity index (χ4n) is 2.97. The number of aryl methyl sites for hydroxylation is 1. The molecule has 0 radical (unpaired) electrons. The van der Waals surface area contributed by atoms with E-state index in [9.17, 15) is 9.18 Å². The number of pyridine rings is 1. The van der Waals surface area contributed by atoms with Crippen LogP contribution in [0.5, 0.6) is 0 Å². The first-order valence-electron chi connectivity index (χ1n) is 7.60. The molecule has 0 saturated carbocycles. The number of benzene rings is 1. The van der Waals surface area contributed by atoms with Crippen LogP contribution in [0, 0.1) is 5.82 Å². The maximum Gasteiger partial charge on any atom is 0.224 e. The lowest BCUT2D eigenvalue weighted by Gasteiger charge is -2.21. The van der Waals surface area contributed by atoms with E-state index in [1.165, 1.54) is 12.1 Å². The van der Waals surface area contributed by atoms with E-state index in [0.717, 1.165) is 54.4 Å². The van der Waals surface area contributed by atoms with Crippen LogP contribution in [0.4, 0.5) is 10.1 Å². The number of rotatable bonds is 3. The summed E-state index contributed by atoms with van der Waals surface area (Å²) in [5, 5.41) is 3.87. The van der Waals surface area contributed by atoms with Gasteiger partial charge in [0, 0.05) is 23.6 Å². The standard InChI is InChI=1S/C17H19FN2O/c1-2-5-16(21)20-17-12-6-3-4-7-14(12)19-15-10-11(18)8-9-13(15)17/h8-10H,2-7H2,1H3,(H,19,20,21). The lowest BCUT2D eigenvalue weighted by Crippen LogP contribution is -2.16. The third kappa shape index (κ3) is 2.75. The van der Waals surface area contributed by atoms with E-state index in [4.69, 9.17) is 0 Å². The van der Waals surface area contributed by atoms with Gasteiger partial charge in [0.2, 0.25) is 5.91 Å². The van der Waals surface area contributed by atoms with Crippen molar-refractivity contribution in [3.05, 3.63) is 35.3 Å². The van der Waals surface area contributed by atoms with E-state index in [2.05, 4.69) is 10.3 Å². The van der Waals surface area contributed by atoms with Gasteiger partial charge in [0.05, 0.1) is 11.2 Å². The number of hydrogen-bond acceptors (Lipinski definition) is 2. The van der Waals surface area contributed by atoms with Gasteiger partial charge < -0.3 is 5.32 Å². The number of anilines is 1. The summed E-state index contributed by atoms with van der Waals surface area (Å²) in [6, 6.07) is 4.59. The zero-order chi connectivity index (χ0) is 14.8. The summed E-state index contributed by atoms with van der Waals surface area (Å²) in [4.78, 5) is 16.6. The Morgan fingerprint density at radius 2 is 2.14 bits per heavy atom. The van der Waals surface area contributed by atoms with E-state index in [0.29, 0.717) is 11.9 Å². The van der Waals surface area contributed by atoms with Crippen LogP contribution in [0.2, 0.25) is 0 Å². The highest BCUT2D eigenvalue weighted by molar-refractivity contribution is 6.02. The number of halogens is 1. The lowest BCUT2D eigenvalue weighted by atomic mass is 9.92. The van der Waals surface area contributed by atoms with Crippen LogP contribution in [0.3, 0.4) is 0 Å². The Labute approximate surface area is 123 Å². The minimum absolute atomic E-state index is 0.0158. The maximum atomic E-state index is 13.5. The minimum atomic E-state index is -0.295. The van der Waals surface area contributed by atoms with Crippen molar-refractivity contribution < 1.29 is 9.18 Å². The first-order valence-corrected chi connectivity index (χ1v) is 7.60. The fraction of sp³-hybridized carbons (Fsp3) is 0.412. The molecular weight excluding hydrogens is 267 g/mol. The zero-order valence-electron chi connectivity index (χ0n) is 12.2. The third-order valence-corrected chi connectivity index (χ3v) is 3.97. The van der Waals surface area contributed by atoms with Crippen molar-refractivity contribution in [2.45, 2.75) is 45.4 Å². The number of aromatic nitrogens is 1. The molecule has 0 saturated heterocycles. The van der Waals surface area contributed by atoms with Crippen molar-refractivity contribution >= 4 is 22.5 Å². The number of fused-ring (bicyclic) bond motifs is 2. The number of nitrogens with zero attached hydrogens (tertiary/aromatic N) is 1. The van der Waals surface area contributed by atoms with Crippen LogP contribution in [-0.4, -0.2) is 10.9 Å². The molecule has 0 spiro atoms. The van der Waals surface area contributed by atoms with Crippen molar-refractivity contribution in [2.75, 3.05) is 5.32 Å². The van der Waals surface area contributed by atoms with Crippen molar-refractivity contribution in [1.29, 1.82) is 0 Å². The van der Waals surface area contributed by atoms with Crippen LogP contribution in [0.1, 0.15) is 43.9 Å². The van der Waals surface area contributed by atoms with Crippen molar-refractivity contribution in [2.24, 2.45) is 0 Å². The van der Waals surface area contributed by atoms with E-state index < -0.39 is 0 Å². The minimum Gasteiger partial charge on any atom is -0.325 e. The second-order valence-electron chi connectivity index (χ2n) is 5.58. The zero-order valence-corrected chi connectivity index (χ0v) is 12.2. The average Bonchev–Trinajstić information content (AvgIpc) is 2.47. The Morgan fingerprint density at radius 3 is 2.95 bits per heavy atom. The molecule has 0 bridgehead atoms. The van der Waals surface area contributed by atoms with Crippen LogP contribution in [0.15, 0.2) is 18.2 Å². The highest BCUT2D eigenvalue weighted by Gasteiger charge is 2.19. The molecule has 1 aromatic carbocycles. The molecular formula is C17H19FN2O. The first kappa shape index (κ1) is 14.0. The molecule has 1 amide bonds. The van der Waals surface area contributed by atoms with Gasteiger partial charge in [0.1, 0.15) is 5.82 Å². The van der Waals surface area contributed by atoms with Gasteiger partial charge in [-0.25, -0.2) is 4.39 Å². The van der Waals surface area contributed by atoms with Gasteiger partial charge in [-0.3, -0.25) is 9.78 Å². The van der Waals surface area contributed by atoms with E-state index >= 15 is 0 Å². The highest BCUT2D eigenvalue weighted by atomic mass is 19.1. The third-order valence-electron chi connectivity index (χ3n) is 3.97. The monoisotopic (exact) mass is 286 g/mol. The Balaban J connectivity index is 2.15. The maximum absolute atomic E-state index is 13.5. The molecule has 4 heteroatoms. The molecule has 0 atom stereocenters. The summed E-state index contributed by atoms with van der Waals surface area (Å²) in [7, 11) is 0. The fourth-order valence-corrected chi connectivity index (χ4v) is 2.97. The van der Waals surface area contributed by atoms with Crippen molar-refractivity contribution in [3.8, 4) is 0 Å². The summed E-state index contributed by atoms with van der Waals surface area (Å²) in [5.74, 6) is -0.279. The molecule has 3 nitrogen and oxygen atoms in total. The lowest BCUT2D eigenvalue weighted by molar-refractivity contribution is -0.116. The topological polar surface area (TPSA) is 42.0 Å². The summed E-state index contributed by atoms with van der Waals surface area (Å²) in [6.07, 6.45) is 5.35. The Kier molecular flexibility index (Phi) is 3.86. The van der Waals surface area contributed by atoms with Gasteiger partial charge in [-0.2, -0.15) is 0 Å². The number of hydrogen-bond donors (Lipinski definition) is 1. The Morgan fingerprint density at radius 1 is 1.33 bits per heavy atom. The van der Waals surface area contributed by atoms with E-state index in [1.807, 2.05) is 6.92 Å². The molecule has 0 unspecified atom stereocenters. The molecule has 0 fully saturated rings. The molecule has 0 aliphatic heterocycles. The molecule has 1 aromatic heterocycles. The molecule has 21 heavy (non-hydrogen) atoms. The quantitative estimate of drug-likeness (QED) is 0.927. The normalized spacial score (nSPS) is 14.0. The predicted molar refractivity (Wildman–Crippen MR) is 81.9 cm³/mol. The number of carbonyl (C=O) groups excluding carboxylic acids is 1. The average molecular weight is 286 g/mol. The van der Waals surface area contributed by atoms with E-state index in [-0.39, 0.29) is 11.7 Å². The smallest absolute Gasteiger partial charge is 0.224 e. The van der Waals surface area contributed by atoms with Crippen LogP contribution in [-0.2, 0) is 17.6 Å². The largest absolute Gasteiger partial charge is 0.325 e. The van der Waals surface area contributed by atoms with Crippen molar-refractivity contribution in [3.63, 3.8) is 0 Å². The number of nitrogens with one attached hydrogen (secondary N) is 1. The summed E-state index contributed by atoms with van der Waals surface area (Å²) in [6.45, 7) is 1.98. The molecule has 1 N–H and O–H groups in total. The summed E-state index contributed by atoms with van der Waals surface area (Å²) < 4.78 is 13.5. The summed E-state index contributed by atoms with van der Waals surface area (Å²) in [5.41, 5.74) is 3.60. The predicted octanol–water partition coefficient (Wildman–Crippen LogP) is 3.99. The summed E-state index contributed by atoms with van der Waals surface area (Å²) >= 11 is 0. The van der Waals surface area contributed by atoms with Gasteiger partial charge >= 0.3 is 0 Å². The van der Waals surface area contributed by atoms with Crippen LogP contribution in [0.25, 0.3) is 10.9 Å². The second kappa shape index (κ2) is 5.80.